The van der Waals surface area contributed by atoms with Gasteiger partial charge in [0.25, 0.3) is 0 Å². The van der Waals surface area contributed by atoms with E-state index in [0.29, 0.717) is 0 Å². The van der Waals surface area contributed by atoms with Gasteiger partial charge in [0.15, 0.2) is 0 Å². The topological polar surface area (TPSA) is 0 Å². The molecule has 0 N–H and O–H groups in total. The summed E-state index contributed by atoms with van der Waals surface area (Å²) in [4.78, 5) is 0. The van der Waals surface area contributed by atoms with Crippen LogP contribution in [0.4, 0.5) is 0 Å². The summed E-state index contributed by atoms with van der Waals surface area (Å²) in [5.74, 6) is 1.65. The second kappa shape index (κ2) is 8.76. The molecular formula is C15H28. The summed E-state index contributed by atoms with van der Waals surface area (Å²) in [5.41, 5.74) is 1.40. The number of hydrogen-bond acceptors (Lipinski definition) is 0. The maximum atomic E-state index is 4.13. The van der Waals surface area contributed by atoms with Crippen molar-refractivity contribution in [2.75, 3.05) is 0 Å². The van der Waals surface area contributed by atoms with Gasteiger partial charge >= 0.3 is 0 Å². The molecule has 0 aliphatic carbocycles. The third-order valence-electron chi connectivity index (χ3n) is 2.82. The fourth-order valence-electron chi connectivity index (χ4n) is 1.88. The van der Waals surface area contributed by atoms with E-state index in [4.69, 9.17) is 0 Å². The molecule has 0 heterocycles. The second-order valence-corrected chi connectivity index (χ2v) is 5.21. The van der Waals surface area contributed by atoms with Crippen LogP contribution in [0.1, 0.15) is 59.3 Å². The van der Waals surface area contributed by atoms with E-state index in [0.717, 1.165) is 24.7 Å². The van der Waals surface area contributed by atoms with Gasteiger partial charge < -0.3 is 0 Å². The first-order valence-electron chi connectivity index (χ1n) is 6.33. The van der Waals surface area contributed by atoms with Gasteiger partial charge in [-0.3, -0.25) is 0 Å². The van der Waals surface area contributed by atoms with Crippen molar-refractivity contribution < 1.29 is 0 Å². The Labute approximate surface area is 96.5 Å². The third kappa shape index (κ3) is 9.78. The molecule has 15 heavy (non-hydrogen) atoms. The van der Waals surface area contributed by atoms with E-state index in [1.807, 2.05) is 6.08 Å². The van der Waals surface area contributed by atoms with Gasteiger partial charge in [0.05, 0.1) is 0 Å². The molecule has 0 heteroatoms. The summed E-state index contributed by atoms with van der Waals surface area (Å²) in [7, 11) is 0. The van der Waals surface area contributed by atoms with Crippen LogP contribution in [0.2, 0.25) is 0 Å². The average Bonchev–Trinajstić information content (AvgIpc) is 2.14. The van der Waals surface area contributed by atoms with Crippen molar-refractivity contribution in [1.82, 2.24) is 0 Å². The lowest BCUT2D eigenvalue weighted by atomic mass is 9.93. The molecule has 0 aromatic rings. The highest BCUT2D eigenvalue weighted by Gasteiger charge is 2.04. The van der Waals surface area contributed by atoms with Crippen LogP contribution in [0, 0.1) is 11.8 Å². The van der Waals surface area contributed by atoms with Crippen molar-refractivity contribution in [3.63, 3.8) is 0 Å². The molecule has 0 aromatic carbocycles. The van der Waals surface area contributed by atoms with Gasteiger partial charge in [-0.15, -0.1) is 6.58 Å². The molecule has 0 radical (unpaired) electrons. The zero-order valence-electron chi connectivity index (χ0n) is 10.9. The summed E-state index contributed by atoms with van der Waals surface area (Å²) in [5, 5.41) is 0. The highest BCUT2D eigenvalue weighted by Crippen LogP contribution is 2.20. The van der Waals surface area contributed by atoms with Gasteiger partial charge in [-0.05, 0) is 31.1 Å². The molecule has 0 saturated carbocycles. The van der Waals surface area contributed by atoms with Crippen LogP contribution in [0.5, 0.6) is 0 Å². The van der Waals surface area contributed by atoms with Crippen molar-refractivity contribution >= 4 is 0 Å². The Bertz CT molecular complexity index is 176. The minimum atomic E-state index is 0.807. The lowest BCUT2D eigenvalue weighted by Gasteiger charge is -2.13. The van der Waals surface area contributed by atoms with Gasteiger partial charge in [0, 0.05) is 0 Å². The molecule has 88 valence electrons. The minimum Gasteiger partial charge on any atom is -0.103 e. The molecule has 0 amide bonds. The zero-order chi connectivity index (χ0) is 11.7. The first-order valence-corrected chi connectivity index (χ1v) is 6.33. The summed E-state index contributed by atoms with van der Waals surface area (Å²) in [6.45, 7) is 14.8. The number of hydrogen-bond donors (Lipinski definition) is 0. The van der Waals surface area contributed by atoms with Crippen molar-refractivity contribution in [3.05, 3.63) is 24.8 Å². The van der Waals surface area contributed by atoms with E-state index < -0.39 is 0 Å². The Balaban J connectivity index is 3.50. The van der Waals surface area contributed by atoms with Crippen LogP contribution >= 0.6 is 0 Å². The summed E-state index contributed by atoms with van der Waals surface area (Å²) < 4.78 is 0. The molecule has 0 saturated heterocycles. The van der Waals surface area contributed by atoms with Crippen LogP contribution in [0.15, 0.2) is 24.8 Å². The maximum absolute atomic E-state index is 4.13. The Morgan fingerprint density at radius 2 is 1.87 bits per heavy atom. The predicted octanol–water partition coefficient (Wildman–Crippen LogP) is 5.36. The molecule has 0 aliphatic rings. The molecule has 1 unspecified atom stereocenters. The van der Waals surface area contributed by atoms with Gasteiger partial charge in [0.2, 0.25) is 0 Å². The molecule has 0 bridgehead atoms. The highest BCUT2D eigenvalue weighted by molar-refractivity contribution is 4.96. The Kier molecular flexibility index (Phi) is 8.46. The fourth-order valence-corrected chi connectivity index (χ4v) is 1.88. The molecule has 0 rings (SSSR count). The number of allylic oxidation sites excluding steroid dienone is 2. The van der Waals surface area contributed by atoms with E-state index in [9.17, 15) is 0 Å². The third-order valence-corrected chi connectivity index (χ3v) is 2.82. The number of rotatable bonds is 9. The van der Waals surface area contributed by atoms with Gasteiger partial charge in [-0.2, -0.15) is 0 Å². The van der Waals surface area contributed by atoms with Gasteiger partial charge in [0.1, 0.15) is 0 Å². The van der Waals surface area contributed by atoms with Crippen molar-refractivity contribution in [1.29, 1.82) is 0 Å². The lowest BCUT2D eigenvalue weighted by molar-refractivity contribution is 0.452. The minimum absolute atomic E-state index is 0.807. The van der Waals surface area contributed by atoms with E-state index in [-0.39, 0.29) is 0 Å². The fraction of sp³-hybridized carbons (Fsp3) is 0.733. The largest absolute Gasteiger partial charge is 0.103 e. The van der Waals surface area contributed by atoms with Crippen molar-refractivity contribution in [2.24, 2.45) is 11.8 Å². The smallest absolute Gasteiger partial charge is 0.0288 e. The second-order valence-electron chi connectivity index (χ2n) is 5.21. The SMILES string of the molecule is C=CCCC(=C)CC(C)CCCC(C)C. The summed E-state index contributed by atoms with van der Waals surface area (Å²) >= 11 is 0. The molecule has 0 fully saturated rings. The summed E-state index contributed by atoms with van der Waals surface area (Å²) in [6.07, 6.45) is 9.47. The van der Waals surface area contributed by atoms with Crippen LogP contribution < -0.4 is 0 Å². The molecule has 1 atom stereocenters. The maximum Gasteiger partial charge on any atom is -0.0288 e. The Hall–Kier alpha value is -0.520. The molecular weight excluding hydrogens is 180 g/mol. The van der Waals surface area contributed by atoms with E-state index in [1.165, 1.54) is 31.3 Å². The highest BCUT2D eigenvalue weighted by atomic mass is 14.1. The van der Waals surface area contributed by atoms with Gasteiger partial charge in [-0.1, -0.05) is 58.3 Å². The van der Waals surface area contributed by atoms with Crippen molar-refractivity contribution in [3.8, 4) is 0 Å². The van der Waals surface area contributed by atoms with E-state index in [2.05, 4.69) is 33.9 Å². The van der Waals surface area contributed by atoms with Crippen molar-refractivity contribution in [2.45, 2.75) is 59.3 Å². The molecule has 0 spiro atoms. The molecule has 0 nitrogen and oxygen atoms in total. The average molecular weight is 208 g/mol. The normalized spacial score (nSPS) is 12.8. The monoisotopic (exact) mass is 208 g/mol. The Morgan fingerprint density at radius 1 is 1.20 bits per heavy atom. The standard InChI is InChI=1S/C15H28/c1-6-7-10-14(4)12-15(5)11-8-9-13(2)3/h6,13,15H,1,4,7-12H2,2-3,5H3. The first-order chi connectivity index (χ1) is 7.06. The van der Waals surface area contributed by atoms with Gasteiger partial charge in [-0.25, -0.2) is 0 Å². The van der Waals surface area contributed by atoms with Crippen LogP contribution in [0.25, 0.3) is 0 Å². The molecule has 0 aromatic heterocycles. The zero-order valence-corrected chi connectivity index (χ0v) is 10.9. The van der Waals surface area contributed by atoms with Crippen LogP contribution in [-0.2, 0) is 0 Å². The van der Waals surface area contributed by atoms with Crippen LogP contribution in [0.3, 0.4) is 0 Å². The first kappa shape index (κ1) is 14.5. The quantitative estimate of drug-likeness (QED) is 0.447. The lowest BCUT2D eigenvalue weighted by Crippen LogP contribution is -1.98. The summed E-state index contributed by atoms with van der Waals surface area (Å²) in [6, 6.07) is 0. The Morgan fingerprint density at radius 3 is 2.40 bits per heavy atom. The van der Waals surface area contributed by atoms with E-state index in [1.54, 1.807) is 0 Å². The van der Waals surface area contributed by atoms with E-state index >= 15 is 0 Å². The van der Waals surface area contributed by atoms with Crippen LogP contribution in [-0.4, -0.2) is 0 Å². The predicted molar refractivity (Wildman–Crippen MR) is 71.0 cm³/mol. The molecule has 0 aliphatic heterocycles.